The molecule has 1 fully saturated rings. The summed E-state index contributed by atoms with van der Waals surface area (Å²) >= 11 is 0. The van der Waals surface area contributed by atoms with Crippen molar-refractivity contribution in [2.45, 2.75) is 6.92 Å². The van der Waals surface area contributed by atoms with Gasteiger partial charge >= 0.3 is 0 Å². The van der Waals surface area contributed by atoms with Crippen LogP contribution in [0.15, 0.2) is 25.0 Å². The number of anilines is 1. The molecule has 0 unspecified atom stereocenters. The van der Waals surface area contributed by atoms with Crippen molar-refractivity contribution in [3.63, 3.8) is 0 Å². The van der Waals surface area contributed by atoms with Crippen molar-refractivity contribution in [3.8, 4) is 0 Å². The number of carbonyl (C=O) groups excluding carboxylic acids is 2. The number of nitrogens with one attached hydrogen (secondary N) is 1. The molecule has 2 amide bonds. The standard InChI is InChI=1S/C14H19N5O2/c1-3-4-15-13-10-16-12(9-17-13)14(21)19-7-5-18(6-8-19)11(2)20/h3,9-10H,1,4-8H2,2H3,(H,15,17). The van der Waals surface area contributed by atoms with E-state index in [0.29, 0.717) is 44.2 Å². The van der Waals surface area contributed by atoms with Crippen LogP contribution in [0.3, 0.4) is 0 Å². The van der Waals surface area contributed by atoms with Gasteiger partial charge < -0.3 is 15.1 Å². The molecule has 0 aliphatic carbocycles. The average molecular weight is 289 g/mol. The molecule has 2 heterocycles. The van der Waals surface area contributed by atoms with E-state index in [1.807, 2.05) is 0 Å². The highest BCUT2D eigenvalue weighted by Gasteiger charge is 2.24. The first-order chi connectivity index (χ1) is 10.1. The largest absolute Gasteiger partial charge is 0.365 e. The number of nitrogens with zero attached hydrogens (tertiary/aromatic N) is 4. The molecule has 0 aromatic carbocycles. The fraction of sp³-hybridized carbons (Fsp3) is 0.429. The molecule has 1 saturated heterocycles. The second-order valence-corrected chi connectivity index (χ2v) is 4.75. The molecule has 0 radical (unpaired) electrons. The third-order valence-corrected chi connectivity index (χ3v) is 3.31. The van der Waals surface area contributed by atoms with Gasteiger partial charge in [0.1, 0.15) is 11.5 Å². The van der Waals surface area contributed by atoms with Gasteiger partial charge in [-0.15, -0.1) is 6.58 Å². The molecule has 1 aromatic heterocycles. The molecule has 1 aliphatic rings. The van der Waals surface area contributed by atoms with Crippen molar-refractivity contribution in [2.24, 2.45) is 0 Å². The normalized spacial score (nSPS) is 14.7. The van der Waals surface area contributed by atoms with E-state index in [9.17, 15) is 9.59 Å². The van der Waals surface area contributed by atoms with Crippen molar-refractivity contribution in [1.29, 1.82) is 0 Å². The van der Waals surface area contributed by atoms with Crippen molar-refractivity contribution in [1.82, 2.24) is 19.8 Å². The Morgan fingerprint density at radius 2 is 1.90 bits per heavy atom. The maximum atomic E-state index is 12.3. The van der Waals surface area contributed by atoms with E-state index >= 15 is 0 Å². The summed E-state index contributed by atoms with van der Waals surface area (Å²) in [7, 11) is 0. The summed E-state index contributed by atoms with van der Waals surface area (Å²) in [6.45, 7) is 7.91. The second kappa shape index (κ2) is 6.83. The molecule has 0 atom stereocenters. The van der Waals surface area contributed by atoms with Gasteiger partial charge in [0.15, 0.2) is 0 Å². The highest BCUT2D eigenvalue weighted by atomic mass is 16.2. The fourth-order valence-corrected chi connectivity index (χ4v) is 2.09. The lowest BCUT2D eigenvalue weighted by molar-refractivity contribution is -0.130. The van der Waals surface area contributed by atoms with Crippen molar-refractivity contribution >= 4 is 17.6 Å². The number of carbonyl (C=O) groups is 2. The van der Waals surface area contributed by atoms with Gasteiger partial charge in [-0.3, -0.25) is 9.59 Å². The number of aromatic nitrogens is 2. The minimum Gasteiger partial charge on any atom is -0.365 e. The van der Waals surface area contributed by atoms with E-state index in [2.05, 4.69) is 21.9 Å². The number of hydrogen-bond donors (Lipinski definition) is 1. The Labute approximate surface area is 123 Å². The summed E-state index contributed by atoms with van der Waals surface area (Å²) in [5.74, 6) is 0.494. The Hall–Kier alpha value is -2.44. The predicted molar refractivity (Wildman–Crippen MR) is 78.9 cm³/mol. The van der Waals surface area contributed by atoms with Gasteiger partial charge in [-0.1, -0.05) is 6.08 Å². The Kier molecular flexibility index (Phi) is 4.86. The van der Waals surface area contributed by atoms with Gasteiger partial charge in [0.2, 0.25) is 5.91 Å². The van der Waals surface area contributed by atoms with Crippen LogP contribution in [0.5, 0.6) is 0 Å². The van der Waals surface area contributed by atoms with Crippen molar-refractivity contribution in [3.05, 3.63) is 30.7 Å². The Morgan fingerprint density at radius 3 is 2.43 bits per heavy atom. The van der Waals surface area contributed by atoms with Gasteiger partial charge in [-0.05, 0) is 0 Å². The number of hydrogen-bond acceptors (Lipinski definition) is 5. The maximum Gasteiger partial charge on any atom is 0.274 e. The lowest BCUT2D eigenvalue weighted by Crippen LogP contribution is -2.50. The number of rotatable bonds is 4. The van der Waals surface area contributed by atoms with Crippen LogP contribution in [0.1, 0.15) is 17.4 Å². The minimum absolute atomic E-state index is 0.0412. The SMILES string of the molecule is C=CCNc1cnc(C(=O)N2CCN(C(C)=O)CC2)cn1. The number of piperazine rings is 1. The van der Waals surface area contributed by atoms with Crippen LogP contribution >= 0.6 is 0 Å². The molecule has 0 bridgehead atoms. The van der Waals surface area contributed by atoms with Gasteiger partial charge in [0, 0.05) is 39.6 Å². The molecule has 2 rings (SSSR count). The molecule has 0 saturated carbocycles. The van der Waals surface area contributed by atoms with E-state index < -0.39 is 0 Å². The molecule has 1 N–H and O–H groups in total. The van der Waals surface area contributed by atoms with Crippen LogP contribution in [0.4, 0.5) is 5.82 Å². The third-order valence-electron chi connectivity index (χ3n) is 3.31. The van der Waals surface area contributed by atoms with Crippen molar-refractivity contribution < 1.29 is 9.59 Å². The Morgan fingerprint density at radius 1 is 1.24 bits per heavy atom. The third kappa shape index (κ3) is 3.77. The summed E-state index contributed by atoms with van der Waals surface area (Å²) in [5.41, 5.74) is 0.315. The molecule has 112 valence electrons. The topological polar surface area (TPSA) is 78.4 Å². The van der Waals surface area contributed by atoms with Gasteiger partial charge in [0.25, 0.3) is 5.91 Å². The highest BCUT2D eigenvalue weighted by molar-refractivity contribution is 5.92. The van der Waals surface area contributed by atoms with E-state index in [1.165, 1.54) is 19.3 Å². The molecular weight excluding hydrogens is 270 g/mol. The van der Waals surface area contributed by atoms with E-state index in [1.54, 1.807) is 15.9 Å². The van der Waals surface area contributed by atoms with Gasteiger partial charge in [-0.25, -0.2) is 9.97 Å². The second-order valence-electron chi connectivity index (χ2n) is 4.75. The minimum atomic E-state index is -0.152. The summed E-state index contributed by atoms with van der Waals surface area (Å²) in [5, 5.41) is 3.00. The molecular formula is C14H19N5O2. The van der Waals surface area contributed by atoms with Crippen LogP contribution in [0.25, 0.3) is 0 Å². The summed E-state index contributed by atoms with van der Waals surface area (Å²) in [6.07, 6.45) is 4.71. The van der Waals surface area contributed by atoms with Crippen LogP contribution in [-0.2, 0) is 4.79 Å². The quantitative estimate of drug-likeness (QED) is 0.811. The summed E-state index contributed by atoms with van der Waals surface area (Å²) < 4.78 is 0. The predicted octanol–water partition coefficient (Wildman–Crippen LogP) is 0.379. The monoisotopic (exact) mass is 289 g/mol. The van der Waals surface area contributed by atoms with Gasteiger partial charge in [-0.2, -0.15) is 0 Å². The van der Waals surface area contributed by atoms with Crippen molar-refractivity contribution in [2.75, 3.05) is 38.0 Å². The zero-order valence-electron chi connectivity index (χ0n) is 12.1. The highest BCUT2D eigenvalue weighted by Crippen LogP contribution is 2.08. The van der Waals surface area contributed by atoms with E-state index in [0.717, 1.165) is 0 Å². The average Bonchev–Trinajstić information content (AvgIpc) is 2.53. The maximum absolute atomic E-state index is 12.3. The first-order valence-corrected chi connectivity index (χ1v) is 6.83. The lowest BCUT2D eigenvalue weighted by atomic mass is 10.3. The Balaban J connectivity index is 1.94. The zero-order chi connectivity index (χ0) is 15.2. The number of amides is 2. The first kappa shape index (κ1) is 15.0. The molecule has 7 nitrogen and oxygen atoms in total. The molecule has 1 aliphatic heterocycles. The van der Waals surface area contributed by atoms with Crippen LogP contribution < -0.4 is 5.32 Å². The molecule has 7 heteroatoms. The Bertz CT molecular complexity index is 521. The van der Waals surface area contributed by atoms with E-state index in [4.69, 9.17) is 0 Å². The lowest BCUT2D eigenvalue weighted by Gasteiger charge is -2.33. The van der Waals surface area contributed by atoms with Crippen LogP contribution in [-0.4, -0.2) is 64.3 Å². The smallest absolute Gasteiger partial charge is 0.274 e. The van der Waals surface area contributed by atoms with Crippen LogP contribution in [0.2, 0.25) is 0 Å². The summed E-state index contributed by atoms with van der Waals surface area (Å²) in [6, 6.07) is 0. The van der Waals surface area contributed by atoms with Crippen LogP contribution in [0, 0.1) is 0 Å². The first-order valence-electron chi connectivity index (χ1n) is 6.83. The fourth-order valence-electron chi connectivity index (χ4n) is 2.09. The molecule has 1 aromatic rings. The van der Waals surface area contributed by atoms with E-state index in [-0.39, 0.29) is 11.8 Å². The zero-order valence-corrected chi connectivity index (χ0v) is 12.1. The van der Waals surface area contributed by atoms with Gasteiger partial charge in [0.05, 0.1) is 12.4 Å². The molecule has 21 heavy (non-hydrogen) atoms. The summed E-state index contributed by atoms with van der Waals surface area (Å²) in [4.78, 5) is 35.2. The molecule has 0 spiro atoms.